The lowest BCUT2D eigenvalue weighted by Crippen LogP contribution is -2.32. The highest BCUT2D eigenvalue weighted by atomic mass is 16.4. The fourth-order valence-electron chi connectivity index (χ4n) is 1.79. The van der Waals surface area contributed by atoms with E-state index < -0.39 is 11.9 Å². The molecule has 1 aromatic carbocycles. The molecule has 0 bridgehead atoms. The van der Waals surface area contributed by atoms with Crippen LogP contribution in [0.5, 0.6) is 0 Å². The third-order valence-electron chi connectivity index (χ3n) is 2.61. The minimum Gasteiger partial charge on any atom is -0.474 e. The summed E-state index contributed by atoms with van der Waals surface area (Å²) in [7, 11) is 1.46. The van der Waals surface area contributed by atoms with E-state index in [2.05, 4.69) is 9.97 Å². The topological polar surface area (TPSA) is 86.3 Å². The maximum Gasteiger partial charge on any atom is 0.394 e. The average Bonchev–Trinajstić information content (AvgIpc) is 2.67. The highest BCUT2D eigenvalue weighted by Crippen LogP contribution is 2.14. The summed E-state index contributed by atoms with van der Waals surface area (Å²) in [6.07, 6.45) is 0. The van der Waals surface area contributed by atoms with Gasteiger partial charge >= 0.3 is 11.9 Å². The first kappa shape index (κ1) is 12.1. The Balaban J connectivity index is 2.21. The number of benzene rings is 1. The molecule has 6 heteroatoms. The second-order valence-electron chi connectivity index (χ2n) is 4.14. The molecule has 2 rings (SSSR count). The number of aromatic amines is 1. The molecule has 18 heavy (non-hydrogen) atoms. The number of aliphatic carboxylic acids is 1. The highest BCUT2D eigenvalue weighted by Gasteiger charge is 2.17. The molecule has 2 N–H and O–H groups in total. The van der Waals surface area contributed by atoms with Crippen molar-refractivity contribution in [2.75, 3.05) is 7.05 Å². The summed E-state index contributed by atoms with van der Waals surface area (Å²) < 4.78 is 0. The predicted molar refractivity (Wildman–Crippen MR) is 64.9 cm³/mol. The van der Waals surface area contributed by atoms with Crippen molar-refractivity contribution in [2.45, 2.75) is 13.5 Å². The van der Waals surface area contributed by atoms with Crippen LogP contribution in [-0.4, -0.2) is 38.9 Å². The Bertz CT molecular complexity index is 618. The van der Waals surface area contributed by atoms with Crippen LogP contribution >= 0.6 is 0 Å². The number of imidazole rings is 1. The molecule has 0 fully saturated rings. The second kappa shape index (κ2) is 4.48. The van der Waals surface area contributed by atoms with E-state index in [-0.39, 0.29) is 6.54 Å². The molecule has 2 aromatic rings. The number of fused-ring (bicyclic) bond motifs is 1. The molecule has 0 saturated carbocycles. The summed E-state index contributed by atoms with van der Waals surface area (Å²) >= 11 is 0. The van der Waals surface area contributed by atoms with E-state index in [1.165, 1.54) is 7.05 Å². The van der Waals surface area contributed by atoms with Gasteiger partial charge in [0.2, 0.25) is 0 Å². The Morgan fingerprint density at radius 3 is 2.83 bits per heavy atom. The van der Waals surface area contributed by atoms with Gasteiger partial charge in [-0.1, -0.05) is 6.07 Å². The molecule has 0 spiro atoms. The monoisotopic (exact) mass is 247 g/mol. The van der Waals surface area contributed by atoms with Gasteiger partial charge in [0, 0.05) is 13.6 Å². The Morgan fingerprint density at radius 1 is 1.44 bits per heavy atom. The van der Waals surface area contributed by atoms with Crippen LogP contribution in [0.25, 0.3) is 11.0 Å². The van der Waals surface area contributed by atoms with E-state index >= 15 is 0 Å². The van der Waals surface area contributed by atoms with Crippen molar-refractivity contribution in [3.8, 4) is 0 Å². The molecular formula is C12H13N3O3. The highest BCUT2D eigenvalue weighted by molar-refractivity contribution is 6.31. The Labute approximate surface area is 103 Å². The molecule has 94 valence electrons. The molecule has 0 atom stereocenters. The molecule has 0 aliphatic rings. The third kappa shape index (κ3) is 2.32. The van der Waals surface area contributed by atoms with Crippen LogP contribution in [0, 0.1) is 6.92 Å². The van der Waals surface area contributed by atoms with Crippen molar-refractivity contribution >= 4 is 22.9 Å². The smallest absolute Gasteiger partial charge is 0.394 e. The molecule has 1 heterocycles. The van der Waals surface area contributed by atoms with E-state index in [0.29, 0.717) is 0 Å². The normalized spacial score (nSPS) is 10.6. The fraction of sp³-hybridized carbons (Fsp3) is 0.250. The Hall–Kier alpha value is -2.37. The molecular weight excluding hydrogens is 234 g/mol. The molecule has 0 saturated heterocycles. The number of carbonyl (C=O) groups excluding carboxylic acids is 1. The van der Waals surface area contributed by atoms with Gasteiger partial charge in [0.25, 0.3) is 0 Å². The van der Waals surface area contributed by atoms with Gasteiger partial charge in [-0.3, -0.25) is 4.79 Å². The zero-order valence-corrected chi connectivity index (χ0v) is 10.1. The number of carboxylic acids is 1. The fourth-order valence-corrected chi connectivity index (χ4v) is 1.79. The van der Waals surface area contributed by atoms with Crippen molar-refractivity contribution in [1.29, 1.82) is 0 Å². The third-order valence-corrected chi connectivity index (χ3v) is 2.61. The van der Waals surface area contributed by atoms with Gasteiger partial charge < -0.3 is 15.0 Å². The number of nitrogens with one attached hydrogen (secondary N) is 1. The molecule has 6 nitrogen and oxygen atoms in total. The summed E-state index contributed by atoms with van der Waals surface area (Å²) in [6.45, 7) is 2.11. The van der Waals surface area contributed by atoms with Crippen molar-refractivity contribution in [3.05, 3.63) is 29.6 Å². The van der Waals surface area contributed by atoms with Crippen LogP contribution in [0.1, 0.15) is 11.4 Å². The zero-order chi connectivity index (χ0) is 13.3. The summed E-state index contributed by atoms with van der Waals surface area (Å²) in [5.74, 6) is -1.55. The number of likely N-dealkylation sites (N-methyl/N-ethyl adjacent to an activating group) is 1. The van der Waals surface area contributed by atoms with E-state index in [0.717, 1.165) is 27.3 Å². The molecule has 0 radical (unpaired) electrons. The van der Waals surface area contributed by atoms with E-state index in [9.17, 15) is 9.59 Å². The number of nitrogens with zero attached hydrogens (tertiary/aromatic N) is 2. The summed E-state index contributed by atoms with van der Waals surface area (Å²) in [6, 6.07) is 5.53. The first-order valence-electron chi connectivity index (χ1n) is 5.41. The van der Waals surface area contributed by atoms with Crippen molar-refractivity contribution in [3.63, 3.8) is 0 Å². The second-order valence-corrected chi connectivity index (χ2v) is 4.14. The Kier molecular flexibility index (Phi) is 3.01. The van der Waals surface area contributed by atoms with Crippen LogP contribution in [-0.2, 0) is 16.1 Å². The number of amides is 1. The lowest BCUT2D eigenvalue weighted by atomic mass is 10.2. The van der Waals surface area contributed by atoms with Gasteiger partial charge in [-0.15, -0.1) is 0 Å². The van der Waals surface area contributed by atoms with Crippen LogP contribution in [0.3, 0.4) is 0 Å². The summed E-state index contributed by atoms with van der Waals surface area (Å²) in [4.78, 5) is 30.3. The van der Waals surface area contributed by atoms with Crippen LogP contribution in [0.15, 0.2) is 18.2 Å². The molecule has 0 aliphatic heterocycles. The maximum atomic E-state index is 11.2. The number of hydrogen-bond donors (Lipinski definition) is 2. The molecule has 0 aliphatic carbocycles. The van der Waals surface area contributed by atoms with E-state index in [1.807, 2.05) is 25.1 Å². The first-order valence-corrected chi connectivity index (χ1v) is 5.41. The van der Waals surface area contributed by atoms with Gasteiger partial charge in [-0.25, -0.2) is 9.78 Å². The summed E-state index contributed by atoms with van der Waals surface area (Å²) in [5.41, 5.74) is 2.58. The number of hydrogen-bond acceptors (Lipinski definition) is 3. The van der Waals surface area contributed by atoms with Gasteiger partial charge in [0.15, 0.2) is 0 Å². The lowest BCUT2D eigenvalue weighted by Gasteiger charge is -2.14. The predicted octanol–water partition coefficient (Wildman–Crippen LogP) is 0.914. The standard InChI is InChI=1S/C12H13N3O3/c1-7-13-9-4-3-8(5-10(9)14-7)6-15(2)11(16)12(17)18/h3-5H,6H2,1-2H3,(H,13,14)(H,17,18). The molecule has 1 amide bonds. The number of rotatable bonds is 2. The number of H-pyrrole nitrogens is 1. The molecule has 0 unspecified atom stereocenters. The van der Waals surface area contributed by atoms with Gasteiger partial charge in [-0.2, -0.15) is 0 Å². The number of carboxylic acid groups (broad SMARTS) is 1. The van der Waals surface area contributed by atoms with Crippen molar-refractivity contribution in [2.24, 2.45) is 0 Å². The van der Waals surface area contributed by atoms with Crippen LogP contribution < -0.4 is 0 Å². The van der Waals surface area contributed by atoms with Crippen LogP contribution in [0.4, 0.5) is 0 Å². The maximum absolute atomic E-state index is 11.2. The Morgan fingerprint density at radius 2 is 2.17 bits per heavy atom. The largest absolute Gasteiger partial charge is 0.474 e. The van der Waals surface area contributed by atoms with E-state index in [1.54, 1.807) is 0 Å². The first-order chi connectivity index (χ1) is 8.47. The molecule has 1 aromatic heterocycles. The van der Waals surface area contributed by atoms with E-state index in [4.69, 9.17) is 5.11 Å². The quantitative estimate of drug-likeness (QED) is 0.772. The van der Waals surface area contributed by atoms with Crippen molar-refractivity contribution in [1.82, 2.24) is 14.9 Å². The number of aromatic nitrogens is 2. The summed E-state index contributed by atoms with van der Waals surface area (Å²) in [5, 5.41) is 8.60. The van der Waals surface area contributed by atoms with Crippen LogP contribution in [0.2, 0.25) is 0 Å². The minimum atomic E-state index is -1.45. The van der Waals surface area contributed by atoms with Gasteiger partial charge in [0.1, 0.15) is 5.82 Å². The minimum absolute atomic E-state index is 0.249. The van der Waals surface area contributed by atoms with Gasteiger partial charge in [0.05, 0.1) is 11.0 Å². The number of aryl methyl sites for hydroxylation is 1. The lowest BCUT2D eigenvalue weighted by molar-refractivity contribution is -0.155. The number of carbonyl (C=O) groups is 2. The average molecular weight is 247 g/mol. The zero-order valence-electron chi connectivity index (χ0n) is 10.1. The van der Waals surface area contributed by atoms with Crippen molar-refractivity contribution < 1.29 is 14.7 Å². The SMILES string of the molecule is Cc1nc2ccc(CN(C)C(=O)C(=O)O)cc2[nH]1. The van der Waals surface area contributed by atoms with Gasteiger partial charge in [-0.05, 0) is 24.6 Å².